The van der Waals surface area contributed by atoms with Crippen LogP contribution in [0.25, 0.3) is 22.1 Å². The lowest BCUT2D eigenvalue weighted by atomic mass is 10.1. The first-order valence-electron chi connectivity index (χ1n) is 12.7. The molecular weight excluding hydrogens is 420 g/mol. The van der Waals surface area contributed by atoms with Gasteiger partial charge >= 0.3 is 0 Å². The van der Waals surface area contributed by atoms with E-state index in [0.717, 1.165) is 110 Å². The molecule has 6 heteroatoms. The van der Waals surface area contributed by atoms with Crippen LogP contribution in [0.15, 0.2) is 48.5 Å². The molecule has 6 nitrogen and oxygen atoms in total. The Labute approximate surface area is 202 Å². The largest absolute Gasteiger partial charge is 0.292 e. The lowest BCUT2D eigenvalue weighted by molar-refractivity contribution is 0.217. The summed E-state index contributed by atoms with van der Waals surface area (Å²) in [7, 11) is 0. The van der Waals surface area contributed by atoms with E-state index in [-0.39, 0.29) is 0 Å². The fourth-order valence-electron chi connectivity index (χ4n) is 4.69. The fraction of sp³-hybridized carbons (Fsp3) is 0.429. The van der Waals surface area contributed by atoms with E-state index in [0.29, 0.717) is 0 Å². The van der Waals surface area contributed by atoms with E-state index in [1.165, 1.54) is 0 Å². The maximum absolute atomic E-state index is 5.10. The Morgan fingerprint density at radius 2 is 0.824 bits per heavy atom. The van der Waals surface area contributed by atoms with Gasteiger partial charge in [-0.2, -0.15) is 0 Å². The van der Waals surface area contributed by atoms with Gasteiger partial charge in [0.1, 0.15) is 0 Å². The van der Waals surface area contributed by atoms with Crippen molar-refractivity contribution in [3.63, 3.8) is 0 Å². The van der Waals surface area contributed by atoms with Crippen LogP contribution in [0.2, 0.25) is 0 Å². The summed E-state index contributed by atoms with van der Waals surface area (Å²) in [4.78, 5) is 25.4. The third-order valence-corrected chi connectivity index (χ3v) is 6.60. The third kappa shape index (κ3) is 5.08. The van der Waals surface area contributed by atoms with Crippen LogP contribution in [0.3, 0.4) is 0 Å². The number of benzene rings is 2. The van der Waals surface area contributed by atoms with Crippen molar-refractivity contribution in [3.8, 4) is 0 Å². The first-order valence-corrected chi connectivity index (χ1v) is 12.7. The third-order valence-electron chi connectivity index (χ3n) is 6.60. The number of para-hydroxylation sites is 4. The zero-order valence-corrected chi connectivity index (χ0v) is 20.4. The van der Waals surface area contributed by atoms with Gasteiger partial charge in [0.25, 0.3) is 0 Å². The van der Waals surface area contributed by atoms with Crippen molar-refractivity contribution in [2.75, 3.05) is 13.1 Å². The van der Waals surface area contributed by atoms with Gasteiger partial charge in [-0.1, -0.05) is 51.0 Å². The van der Waals surface area contributed by atoms with Gasteiger partial charge in [0.2, 0.25) is 0 Å². The van der Waals surface area contributed by atoms with Crippen LogP contribution in [0, 0.1) is 0 Å². The Morgan fingerprint density at radius 1 is 0.529 bits per heavy atom. The van der Waals surface area contributed by atoms with Gasteiger partial charge in [-0.25, -0.2) is 19.9 Å². The molecule has 3 heterocycles. The number of nitrogens with zero attached hydrogens (tertiary/aromatic N) is 6. The molecule has 0 saturated carbocycles. The standard InChI is InChI=1S/C28H34N6/c1-3-5-15-33-17-25-27(31-23-13-9-7-11-21(23)29-25)19-34(16-6-4-2)20-28-26(18-33)30-22-12-8-10-14-24(22)32-28/h7-14H,3-6,15-20H2,1-2H3. The predicted octanol–water partition coefficient (Wildman–Crippen LogP) is 5.49. The van der Waals surface area contributed by atoms with E-state index in [2.05, 4.69) is 47.9 Å². The molecule has 0 bridgehead atoms. The zero-order chi connectivity index (χ0) is 23.3. The summed E-state index contributed by atoms with van der Waals surface area (Å²) >= 11 is 0. The van der Waals surface area contributed by atoms with Crippen molar-refractivity contribution >= 4 is 22.1 Å². The molecule has 0 N–H and O–H groups in total. The van der Waals surface area contributed by atoms with Crippen LogP contribution >= 0.6 is 0 Å². The summed E-state index contributed by atoms with van der Waals surface area (Å²) < 4.78 is 0. The van der Waals surface area contributed by atoms with Gasteiger partial charge < -0.3 is 0 Å². The molecule has 4 aromatic rings. The van der Waals surface area contributed by atoms with Gasteiger partial charge in [0.05, 0.1) is 44.8 Å². The minimum Gasteiger partial charge on any atom is -0.292 e. The van der Waals surface area contributed by atoms with Gasteiger partial charge in [0, 0.05) is 26.2 Å². The SMILES string of the molecule is CCCCN1Cc2nc3ccccc3nc2CN(CCCC)Cc2nc3ccccc3nc2C1. The van der Waals surface area contributed by atoms with Crippen LogP contribution in [0.4, 0.5) is 0 Å². The van der Waals surface area contributed by atoms with Crippen molar-refractivity contribution in [1.82, 2.24) is 29.7 Å². The highest BCUT2D eigenvalue weighted by Gasteiger charge is 2.22. The smallest absolute Gasteiger partial charge is 0.0890 e. The number of hydrogen-bond acceptors (Lipinski definition) is 6. The van der Waals surface area contributed by atoms with Crippen molar-refractivity contribution in [2.45, 2.75) is 65.7 Å². The Morgan fingerprint density at radius 3 is 1.09 bits per heavy atom. The molecule has 2 aromatic heterocycles. The Bertz CT molecular complexity index is 1080. The molecule has 0 aliphatic carbocycles. The summed E-state index contributed by atoms with van der Waals surface area (Å²) in [6.07, 6.45) is 4.62. The molecule has 0 unspecified atom stereocenters. The van der Waals surface area contributed by atoms with Crippen LogP contribution in [0.1, 0.15) is 62.3 Å². The van der Waals surface area contributed by atoms with Crippen molar-refractivity contribution in [1.29, 1.82) is 0 Å². The van der Waals surface area contributed by atoms with Crippen LogP contribution in [-0.4, -0.2) is 42.8 Å². The molecule has 0 spiro atoms. The molecule has 5 rings (SSSR count). The molecule has 34 heavy (non-hydrogen) atoms. The second-order valence-electron chi connectivity index (χ2n) is 9.34. The molecule has 2 aromatic carbocycles. The summed E-state index contributed by atoms with van der Waals surface area (Å²) in [6.45, 7) is 9.64. The lowest BCUT2D eigenvalue weighted by Gasteiger charge is -2.29. The lowest BCUT2D eigenvalue weighted by Crippen LogP contribution is -2.32. The topological polar surface area (TPSA) is 58.0 Å². The van der Waals surface area contributed by atoms with Crippen LogP contribution in [-0.2, 0) is 26.2 Å². The molecule has 1 aliphatic heterocycles. The summed E-state index contributed by atoms with van der Waals surface area (Å²) in [5, 5.41) is 0. The van der Waals surface area contributed by atoms with Gasteiger partial charge in [-0.15, -0.1) is 0 Å². The van der Waals surface area contributed by atoms with E-state index in [1.54, 1.807) is 0 Å². The van der Waals surface area contributed by atoms with Crippen LogP contribution in [0.5, 0.6) is 0 Å². The summed E-state index contributed by atoms with van der Waals surface area (Å²) in [6, 6.07) is 16.5. The normalized spacial score (nSPS) is 15.4. The maximum atomic E-state index is 5.10. The first kappa shape index (κ1) is 22.8. The van der Waals surface area contributed by atoms with Gasteiger partial charge in [-0.05, 0) is 50.2 Å². The number of aromatic nitrogens is 4. The molecule has 0 amide bonds. The number of hydrogen-bond donors (Lipinski definition) is 0. The molecule has 0 fully saturated rings. The second kappa shape index (κ2) is 10.5. The minimum atomic E-state index is 0.780. The number of rotatable bonds is 6. The molecule has 0 saturated heterocycles. The molecule has 0 atom stereocenters. The number of fused-ring (bicyclic) bond motifs is 4. The molecule has 0 radical (unpaired) electrons. The molecule has 176 valence electrons. The molecular formula is C28H34N6. The second-order valence-corrected chi connectivity index (χ2v) is 9.34. The Balaban J connectivity index is 1.60. The highest BCUT2D eigenvalue weighted by atomic mass is 15.2. The predicted molar refractivity (Wildman–Crippen MR) is 137 cm³/mol. The summed E-state index contributed by atoms with van der Waals surface area (Å²) in [5.74, 6) is 0. The highest BCUT2D eigenvalue weighted by Crippen LogP contribution is 2.23. The summed E-state index contributed by atoms with van der Waals surface area (Å²) in [5.41, 5.74) is 8.25. The highest BCUT2D eigenvalue weighted by molar-refractivity contribution is 5.75. The van der Waals surface area contributed by atoms with E-state index in [1.807, 2.05) is 24.3 Å². The van der Waals surface area contributed by atoms with Gasteiger partial charge in [-0.3, -0.25) is 9.80 Å². The number of unbranched alkanes of at least 4 members (excludes halogenated alkanes) is 2. The Hall–Kier alpha value is -2.96. The van der Waals surface area contributed by atoms with E-state index >= 15 is 0 Å². The van der Waals surface area contributed by atoms with Crippen molar-refractivity contribution in [3.05, 3.63) is 71.3 Å². The quantitative estimate of drug-likeness (QED) is 0.384. The van der Waals surface area contributed by atoms with Gasteiger partial charge in [0.15, 0.2) is 0 Å². The van der Waals surface area contributed by atoms with E-state index in [4.69, 9.17) is 19.9 Å². The Kier molecular flexibility index (Phi) is 7.07. The zero-order valence-electron chi connectivity index (χ0n) is 20.4. The van der Waals surface area contributed by atoms with E-state index in [9.17, 15) is 0 Å². The van der Waals surface area contributed by atoms with Crippen molar-refractivity contribution < 1.29 is 0 Å². The average molecular weight is 455 g/mol. The van der Waals surface area contributed by atoms with E-state index < -0.39 is 0 Å². The minimum absolute atomic E-state index is 0.780. The maximum Gasteiger partial charge on any atom is 0.0890 e. The molecule has 1 aliphatic rings. The average Bonchev–Trinajstić information content (AvgIpc) is 2.86. The monoisotopic (exact) mass is 454 g/mol. The first-order chi connectivity index (χ1) is 16.7. The van der Waals surface area contributed by atoms with Crippen LogP contribution < -0.4 is 0 Å². The fourth-order valence-corrected chi connectivity index (χ4v) is 4.69. The van der Waals surface area contributed by atoms with Crippen molar-refractivity contribution in [2.24, 2.45) is 0 Å².